The second-order valence-electron chi connectivity index (χ2n) is 6.57. The predicted molar refractivity (Wildman–Crippen MR) is 105 cm³/mol. The van der Waals surface area contributed by atoms with Gasteiger partial charge in [-0.15, -0.1) is 0 Å². The molecule has 1 saturated heterocycles. The zero-order chi connectivity index (χ0) is 18.4. The number of carbonyl (C=O) groups is 1. The van der Waals surface area contributed by atoms with Crippen LogP contribution in [0.15, 0.2) is 48.5 Å². The third-order valence-corrected chi connectivity index (χ3v) is 5.11. The van der Waals surface area contributed by atoms with Gasteiger partial charge in [-0.05, 0) is 50.2 Å². The van der Waals surface area contributed by atoms with Crippen LogP contribution in [-0.4, -0.2) is 37.6 Å². The number of para-hydroxylation sites is 1. The van der Waals surface area contributed by atoms with Crippen molar-refractivity contribution in [3.63, 3.8) is 0 Å². The van der Waals surface area contributed by atoms with E-state index in [1.54, 1.807) is 31.4 Å². The topological polar surface area (TPSA) is 41.6 Å². The van der Waals surface area contributed by atoms with Gasteiger partial charge in [0.1, 0.15) is 5.75 Å². The second-order valence-corrected chi connectivity index (χ2v) is 7.01. The van der Waals surface area contributed by atoms with Crippen molar-refractivity contribution < 1.29 is 9.53 Å². The minimum Gasteiger partial charge on any atom is -0.496 e. The summed E-state index contributed by atoms with van der Waals surface area (Å²) < 4.78 is 5.57. The summed E-state index contributed by atoms with van der Waals surface area (Å²) in [7, 11) is 1.69. The van der Waals surface area contributed by atoms with E-state index in [4.69, 9.17) is 16.3 Å². The van der Waals surface area contributed by atoms with E-state index in [9.17, 15) is 4.79 Å². The number of hydrogen-bond donors (Lipinski definition) is 1. The minimum atomic E-state index is -0.107. The summed E-state index contributed by atoms with van der Waals surface area (Å²) in [4.78, 5) is 15.0. The molecule has 0 spiro atoms. The zero-order valence-electron chi connectivity index (χ0n) is 15.1. The third-order valence-electron chi connectivity index (χ3n) is 4.87. The molecule has 1 aliphatic heterocycles. The Balaban J connectivity index is 1.78. The summed E-state index contributed by atoms with van der Waals surface area (Å²) in [5, 5.41) is 3.64. The standard InChI is InChI=1S/C21H25ClN2O2/c1-26-20-11-4-3-10-18(20)19(24-12-5-2-6-13-24)15-23-21(25)16-8-7-9-17(22)14-16/h3-4,7-11,14,19H,2,5-6,12-13,15H2,1H3,(H,23,25). The number of halogens is 1. The van der Waals surface area contributed by atoms with Crippen molar-refractivity contribution in [2.75, 3.05) is 26.7 Å². The van der Waals surface area contributed by atoms with Crippen molar-refractivity contribution in [2.24, 2.45) is 0 Å². The molecule has 1 amide bonds. The fraction of sp³-hybridized carbons (Fsp3) is 0.381. The molecule has 26 heavy (non-hydrogen) atoms. The van der Waals surface area contributed by atoms with Crippen molar-refractivity contribution in [3.05, 3.63) is 64.7 Å². The zero-order valence-corrected chi connectivity index (χ0v) is 15.8. The fourth-order valence-electron chi connectivity index (χ4n) is 3.53. The maximum Gasteiger partial charge on any atom is 0.251 e. The van der Waals surface area contributed by atoms with Gasteiger partial charge in [-0.2, -0.15) is 0 Å². The largest absolute Gasteiger partial charge is 0.496 e. The van der Waals surface area contributed by atoms with Crippen LogP contribution in [0.25, 0.3) is 0 Å². The average molecular weight is 373 g/mol. The molecule has 2 aromatic carbocycles. The molecule has 3 rings (SSSR count). The van der Waals surface area contributed by atoms with Gasteiger partial charge in [0.05, 0.1) is 13.2 Å². The van der Waals surface area contributed by atoms with Crippen LogP contribution in [-0.2, 0) is 0 Å². The van der Waals surface area contributed by atoms with E-state index in [1.165, 1.54) is 19.3 Å². The van der Waals surface area contributed by atoms with Crippen molar-refractivity contribution in [1.29, 1.82) is 0 Å². The Morgan fingerprint density at radius 3 is 2.65 bits per heavy atom. The Hall–Kier alpha value is -2.04. The molecule has 1 atom stereocenters. The third kappa shape index (κ3) is 4.57. The number of ether oxygens (including phenoxy) is 1. The predicted octanol–water partition coefficient (Wildman–Crippen LogP) is 4.31. The van der Waals surface area contributed by atoms with Gasteiger partial charge in [-0.3, -0.25) is 9.69 Å². The number of nitrogens with zero attached hydrogens (tertiary/aromatic N) is 1. The Kier molecular flexibility index (Phi) is 6.53. The Morgan fingerprint density at radius 2 is 1.92 bits per heavy atom. The molecule has 0 radical (unpaired) electrons. The Morgan fingerprint density at radius 1 is 1.15 bits per heavy atom. The van der Waals surface area contributed by atoms with Gasteiger partial charge >= 0.3 is 0 Å². The maximum atomic E-state index is 12.6. The summed E-state index contributed by atoms with van der Waals surface area (Å²) in [6, 6.07) is 15.2. The van der Waals surface area contributed by atoms with Gasteiger partial charge in [-0.25, -0.2) is 0 Å². The van der Waals surface area contributed by atoms with Crippen LogP contribution in [0.3, 0.4) is 0 Å². The van der Waals surface area contributed by atoms with Gasteiger partial charge in [-0.1, -0.05) is 42.3 Å². The number of rotatable bonds is 6. The van der Waals surface area contributed by atoms with Gasteiger partial charge in [0.2, 0.25) is 0 Å². The van der Waals surface area contributed by atoms with E-state index in [0.29, 0.717) is 17.1 Å². The van der Waals surface area contributed by atoms with Crippen LogP contribution in [0.5, 0.6) is 5.75 Å². The fourth-order valence-corrected chi connectivity index (χ4v) is 3.72. The molecule has 5 heteroatoms. The summed E-state index contributed by atoms with van der Waals surface area (Å²) in [5.41, 5.74) is 1.69. The van der Waals surface area contributed by atoms with Crippen LogP contribution >= 0.6 is 11.6 Å². The van der Waals surface area contributed by atoms with Gasteiger partial charge in [0.15, 0.2) is 0 Å². The van der Waals surface area contributed by atoms with Crippen molar-refractivity contribution in [3.8, 4) is 5.75 Å². The minimum absolute atomic E-state index is 0.0922. The normalized spacial score (nSPS) is 16.1. The first-order chi connectivity index (χ1) is 12.7. The summed E-state index contributed by atoms with van der Waals surface area (Å²) in [6.45, 7) is 2.61. The lowest BCUT2D eigenvalue weighted by molar-refractivity contribution is 0.0923. The number of methoxy groups -OCH3 is 1. The highest BCUT2D eigenvalue weighted by atomic mass is 35.5. The van der Waals surface area contributed by atoms with E-state index in [2.05, 4.69) is 16.3 Å². The molecule has 138 valence electrons. The van der Waals surface area contributed by atoms with E-state index < -0.39 is 0 Å². The molecule has 0 aliphatic carbocycles. The van der Waals surface area contributed by atoms with E-state index in [-0.39, 0.29) is 11.9 Å². The Labute approximate surface area is 160 Å². The molecule has 1 unspecified atom stereocenters. The molecular formula is C21H25ClN2O2. The number of carbonyl (C=O) groups excluding carboxylic acids is 1. The number of nitrogens with one attached hydrogen (secondary N) is 1. The lowest BCUT2D eigenvalue weighted by atomic mass is 10.0. The summed E-state index contributed by atoms with van der Waals surface area (Å²) in [5.74, 6) is 0.754. The van der Waals surface area contributed by atoms with Gasteiger partial charge in [0, 0.05) is 22.7 Å². The second kappa shape index (κ2) is 9.06. The molecular weight excluding hydrogens is 348 g/mol. The van der Waals surface area contributed by atoms with Crippen LogP contribution in [0, 0.1) is 0 Å². The first-order valence-electron chi connectivity index (χ1n) is 9.10. The SMILES string of the molecule is COc1ccccc1C(CNC(=O)c1cccc(Cl)c1)N1CCCCC1. The van der Waals surface area contributed by atoms with Crippen molar-refractivity contribution >= 4 is 17.5 Å². The lowest BCUT2D eigenvalue weighted by Gasteiger charge is -2.35. The summed E-state index contributed by atoms with van der Waals surface area (Å²) in [6.07, 6.45) is 3.64. The molecule has 1 aliphatic rings. The average Bonchev–Trinajstić information content (AvgIpc) is 2.69. The maximum absolute atomic E-state index is 12.6. The molecule has 1 heterocycles. The summed E-state index contributed by atoms with van der Waals surface area (Å²) >= 11 is 6.00. The number of hydrogen-bond acceptors (Lipinski definition) is 3. The van der Waals surface area contributed by atoms with Crippen LogP contribution in [0.1, 0.15) is 41.2 Å². The monoisotopic (exact) mass is 372 g/mol. The molecule has 2 aromatic rings. The highest BCUT2D eigenvalue weighted by Crippen LogP contribution is 2.31. The van der Waals surface area contributed by atoms with Crippen LogP contribution < -0.4 is 10.1 Å². The number of likely N-dealkylation sites (tertiary alicyclic amines) is 1. The molecule has 0 aromatic heterocycles. The molecule has 0 saturated carbocycles. The molecule has 1 N–H and O–H groups in total. The molecule has 4 nitrogen and oxygen atoms in total. The van der Waals surface area contributed by atoms with Crippen molar-refractivity contribution in [1.82, 2.24) is 10.2 Å². The van der Waals surface area contributed by atoms with Crippen LogP contribution in [0.4, 0.5) is 0 Å². The van der Waals surface area contributed by atoms with E-state index in [1.807, 2.05) is 18.2 Å². The Bertz CT molecular complexity index is 744. The number of piperidine rings is 1. The van der Waals surface area contributed by atoms with Gasteiger partial charge < -0.3 is 10.1 Å². The molecule has 0 bridgehead atoms. The van der Waals surface area contributed by atoms with E-state index in [0.717, 1.165) is 24.4 Å². The highest BCUT2D eigenvalue weighted by Gasteiger charge is 2.25. The molecule has 1 fully saturated rings. The lowest BCUT2D eigenvalue weighted by Crippen LogP contribution is -2.40. The van der Waals surface area contributed by atoms with Crippen molar-refractivity contribution in [2.45, 2.75) is 25.3 Å². The quantitative estimate of drug-likeness (QED) is 0.821. The number of benzene rings is 2. The first kappa shape index (κ1) is 18.7. The van der Waals surface area contributed by atoms with Gasteiger partial charge in [0.25, 0.3) is 5.91 Å². The highest BCUT2D eigenvalue weighted by molar-refractivity contribution is 6.30. The van der Waals surface area contributed by atoms with Crippen LogP contribution in [0.2, 0.25) is 5.02 Å². The van der Waals surface area contributed by atoms with E-state index >= 15 is 0 Å². The number of amides is 1. The first-order valence-corrected chi connectivity index (χ1v) is 9.47. The smallest absolute Gasteiger partial charge is 0.251 e.